The number of carbonyl (C=O) groups excluding carboxylic acids is 1. The Hall–Kier alpha value is -0.530. The molecule has 0 aromatic carbocycles. The van der Waals surface area contributed by atoms with Gasteiger partial charge in [-0.05, 0) is 55.3 Å². The molecular formula is C22H43NO. The standard InChI is InChI=1S/C22H43NO/c1-13(2)17-12-18(14(3)4)20(15(5)6)23(16(7)8)21(24)19(17)22(9,10)11/h13-20H,12H2,1-11H3. The Morgan fingerprint density at radius 3 is 1.58 bits per heavy atom. The molecule has 0 aromatic heterocycles. The van der Waals surface area contributed by atoms with Gasteiger partial charge >= 0.3 is 0 Å². The van der Waals surface area contributed by atoms with Gasteiger partial charge in [0.15, 0.2) is 0 Å². The van der Waals surface area contributed by atoms with Crippen molar-refractivity contribution in [1.82, 2.24) is 4.90 Å². The van der Waals surface area contributed by atoms with E-state index in [-0.39, 0.29) is 17.4 Å². The predicted octanol–water partition coefficient (Wildman–Crippen LogP) is 5.86. The molecule has 24 heavy (non-hydrogen) atoms. The fourth-order valence-corrected chi connectivity index (χ4v) is 5.04. The largest absolute Gasteiger partial charge is 0.336 e. The van der Waals surface area contributed by atoms with E-state index in [1.54, 1.807) is 0 Å². The van der Waals surface area contributed by atoms with Crippen molar-refractivity contribution in [2.45, 2.75) is 94.7 Å². The average molecular weight is 338 g/mol. The van der Waals surface area contributed by atoms with Crippen LogP contribution in [0.5, 0.6) is 0 Å². The minimum Gasteiger partial charge on any atom is -0.336 e. The molecule has 2 nitrogen and oxygen atoms in total. The van der Waals surface area contributed by atoms with Crippen LogP contribution in [-0.4, -0.2) is 22.9 Å². The SMILES string of the molecule is CC(C)C1CC(C(C)C)C(C(C)(C)C)C(=O)N(C(C)C)C1C(C)C. The molecule has 4 atom stereocenters. The molecular weight excluding hydrogens is 294 g/mol. The third-order valence-corrected chi connectivity index (χ3v) is 6.14. The number of hydrogen-bond acceptors (Lipinski definition) is 1. The number of nitrogens with zero attached hydrogens (tertiary/aromatic N) is 1. The summed E-state index contributed by atoms with van der Waals surface area (Å²) >= 11 is 0. The summed E-state index contributed by atoms with van der Waals surface area (Å²) in [5.74, 6) is 3.20. The van der Waals surface area contributed by atoms with Crippen molar-refractivity contribution in [3.63, 3.8) is 0 Å². The topological polar surface area (TPSA) is 20.3 Å². The maximum absolute atomic E-state index is 13.8. The van der Waals surface area contributed by atoms with Gasteiger partial charge in [-0.15, -0.1) is 0 Å². The van der Waals surface area contributed by atoms with Crippen LogP contribution in [0.2, 0.25) is 0 Å². The summed E-state index contributed by atoms with van der Waals surface area (Å²) in [5, 5.41) is 0. The van der Waals surface area contributed by atoms with Crippen molar-refractivity contribution < 1.29 is 4.79 Å². The first-order chi connectivity index (χ1) is 10.8. The monoisotopic (exact) mass is 337 g/mol. The lowest BCUT2D eigenvalue weighted by Gasteiger charge is -2.43. The normalized spacial score (nSPS) is 30.0. The van der Waals surface area contributed by atoms with Gasteiger partial charge in [0.1, 0.15) is 0 Å². The number of hydrogen-bond donors (Lipinski definition) is 0. The van der Waals surface area contributed by atoms with E-state index < -0.39 is 0 Å². The van der Waals surface area contributed by atoms with E-state index in [1.165, 1.54) is 6.42 Å². The molecule has 2 heteroatoms. The minimum atomic E-state index is 0.00651. The molecule has 0 bridgehead atoms. The molecule has 1 fully saturated rings. The highest BCUT2D eigenvalue weighted by atomic mass is 16.2. The van der Waals surface area contributed by atoms with Gasteiger partial charge in [0, 0.05) is 18.0 Å². The summed E-state index contributed by atoms with van der Waals surface area (Å²) < 4.78 is 0. The van der Waals surface area contributed by atoms with Crippen molar-refractivity contribution in [2.75, 3.05) is 0 Å². The van der Waals surface area contributed by atoms with Crippen LogP contribution in [0.15, 0.2) is 0 Å². The van der Waals surface area contributed by atoms with Crippen LogP contribution < -0.4 is 0 Å². The smallest absolute Gasteiger partial charge is 0.226 e. The van der Waals surface area contributed by atoms with Crippen molar-refractivity contribution in [3.05, 3.63) is 0 Å². The number of carbonyl (C=O) groups is 1. The summed E-state index contributed by atoms with van der Waals surface area (Å²) in [4.78, 5) is 16.0. The first kappa shape index (κ1) is 21.5. The molecule has 1 aliphatic heterocycles. The van der Waals surface area contributed by atoms with Crippen molar-refractivity contribution in [3.8, 4) is 0 Å². The first-order valence-corrected chi connectivity index (χ1v) is 10.1. The maximum Gasteiger partial charge on any atom is 0.226 e. The zero-order chi connectivity index (χ0) is 19.0. The van der Waals surface area contributed by atoms with Gasteiger partial charge in [-0.1, -0.05) is 62.3 Å². The predicted molar refractivity (Wildman–Crippen MR) is 105 cm³/mol. The Kier molecular flexibility index (Phi) is 6.98. The van der Waals surface area contributed by atoms with Gasteiger partial charge in [-0.3, -0.25) is 4.79 Å². The van der Waals surface area contributed by atoms with Crippen LogP contribution in [0.4, 0.5) is 0 Å². The van der Waals surface area contributed by atoms with Crippen LogP contribution in [0.1, 0.15) is 82.6 Å². The van der Waals surface area contributed by atoms with Crippen LogP contribution >= 0.6 is 0 Å². The Balaban J connectivity index is 3.55. The van der Waals surface area contributed by atoms with Crippen molar-refractivity contribution in [2.24, 2.45) is 40.9 Å². The van der Waals surface area contributed by atoms with Crippen LogP contribution in [-0.2, 0) is 4.79 Å². The molecule has 0 saturated carbocycles. The maximum atomic E-state index is 13.8. The van der Waals surface area contributed by atoms with Crippen LogP contribution in [0.25, 0.3) is 0 Å². The van der Waals surface area contributed by atoms with E-state index in [0.717, 1.165) is 0 Å². The summed E-state index contributed by atoms with van der Waals surface area (Å²) in [7, 11) is 0. The molecule has 1 amide bonds. The van der Waals surface area contributed by atoms with Gasteiger partial charge in [-0.2, -0.15) is 0 Å². The Bertz CT molecular complexity index is 416. The van der Waals surface area contributed by atoms with Gasteiger partial charge in [-0.25, -0.2) is 0 Å². The van der Waals surface area contributed by atoms with E-state index in [4.69, 9.17) is 0 Å². The van der Waals surface area contributed by atoms with E-state index in [2.05, 4.69) is 81.1 Å². The zero-order valence-corrected chi connectivity index (χ0v) is 18.2. The second kappa shape index (κ2) is 7.79. The molecule has 0 spiro atoms. The molecule has 0 radical (unpaired) electrons. The third kappa shape index (κ3) is 4.35. The van der Waals surface area contributed by atoms with Crippen LogP contribution in [0.3, 0.4) is 0 Å². The highest BCUT2D eigenvalue weighted by molar-refractivity contribution is 5.81. The fraction of sp³-hybridized carbons (Fsp3) is 0.955. The Labute approximate surface area is 151 Å². The lowest BCUT2D eigenvalue weighted by Crippen LogP contribution is -2.53. The third-order valence-electron chi connectivity index (χ3n) is 6.14. The summed E-state index contributed by atoms with van der Waals surface area (Å²) in [6.07, 6.45) is 1.18. The molecule has 142 valence electrons. The lowest BCUT2D eigenvalue weighted by atomic mass is 9.66. The Morgan fingerprint density at radius 1 is 0.833 bits per heavy atom. The number of likely N-dealkylation sites (tertiary alicyclic amines) is 1. The highest BCUT2D eigenvalue weighted by Crippen LogP contribution is 2.47. The minimum absolute atomic E-state index is 0.00651. The van der Waals surface area contributed by atoms with Gasteiger partial charge < -0.3 is 4.90 Å². The van der Waals surface area contributed by atoms with E-state index in [0.29, 0.717) is 41.5 Å². The second-order valence-corrected chi connectivity index (χ2v) is 10.5. The molecule has 0 aromatic rings. The number of rotatable bonds is 4. The Morgan fingerprint density at radius 2 is 1.29 bits per heavy atom. The van der Waals surface area contributed by atoms with Crippen LogP contribution in [0, 0.1) is 40.9 Å². The van der Waals surface area contributed by atoms with Crippen molar-refractivity contribution >= 4 is 5.91 Å². The molecule has 1 saturated heterocycles. The second-order valence-electron chi connectivity index (χ2n) is 10.5. The summed E-state index contributed by atoms with van der Waals surface area (Å²) in [6.45, 7) is 25.1. The quantitative estimate of drug-likeness (QED) is 0.629. The lowest BCUT2D eigenvalue weighted by molar-refractivity contribution is -0.146. The van der Waals surface area contributed by atoms with Gasteiger partial charge in [0.2, 0.25) is 5.91 Å². The van der Waals surface area contributed by atoms with E-state index >= 15 is 0 Å². The molecule has 4 unspecified atom stereocenters. The highest BCUT2D eigenvalue weighted by Gasteiger charge is 2.49. The number of amides is 1. The van der Waals surface area contributed by atoms with Crippen molar-refractivity contribution in [1.29, 1.82) is 0 Å². The molecule has 1 aliphatic rings. The first-order valence-electron chi connectivity index (χ1n) is 10.1. The van der Waals surface area contributed by atoms with Gasteiger partial charge in [0.25, 0.3) is 0 Å². The molecule has 1 heterocycles. The van der Waals surface area contributed by atoms with Gasteiger partial charge in [0.05, 0.1) is 0 Å². The average Bonchev–Trinajstić information content (AvgIpc) is 2.51. The molecule has 0 aliphatic carbocycles. The summed E-state index contributed by atoms with van der Waals surface area (Å²) in [6, 6.07) is 0.619. The fourth-order valence-electron chi connectivity index (χ4n) is 5.04. The summed E-state index contributed by atoms with van der Waals surface area (Å²) in [5.41, 5.74) is 0.00651. The molecule has 1 rings (SSSR count). The van der Waals surface area contributed by atoms with E-state index in [1.807, 2.05) is 0 Å². The zero-order valence-electron chi connectivity index (χ0n) is 18.2. The van der Waals surface area contributed by atoms with E-state index in [9.17, 15) is 4.79 Å². The molecule has 0 N–H and O–H groups in total.